The molecule has 0 heterocycles. The van der Waals surface area contributed by atoms with Crippen LogP contribution in [-0.2, 0) is 4.74 Å². The van der Waals surface area contributed by atoms with Gasteiger partial charge in [-0.05, 0) is 29.9 Å². The lowest BCUT2D eigenvalue weighted by Crippen LogP contribution is -1.96. The molecule has 0 spiro atoms. The Morgan fingerprint density at radius 3 is 2.62 bits per heavy atom. The maximum atomic E-state index is 5.57. The highest BCUT2D eigenvalue weighted by Crippen LogP contribution is 2.44. The minimum atomic E-state index is 0.336. The number of fused-ring (bicyclic) bond motifs is 1. The average Bonchev–Trinajstić information content (AvgIpc) is 2.68. The van der Waals surface area contributed by atoms with Crippen molar-refractivity contribution in [1.82, 2.24) is 0 Å². The molecule has 1 aliphatic rings. The van der Waals surface area contributed by atoms with Gasteiger partial charge in [-0.1, -0.05) is 50.5 Å². The van der Waals surface area contributed by atoms with Crippen molar-refractivity contribution >= 4 is 0 Å². The van der Waals surface area contributed by atoms with Gasteiger partial charge in [0.25, 0.3) is 0 Å². The predicted octanol–water partition coefficient (Wildman–Crippen LogP) is 4.44. The lowest BCUT2D eigenvalue weighted by atomic mass is 9.95. The van der Waals surface area contributed by atoms with Gasteiger partial charge >= 0.3 is 0 Å². The number of benzene rings is 1. The maximum absolute atomic E-state index is 5.57. The molecule has 0 radical (unpaired) electrons. The molecular formula is C15H22O. The van der Waals surface area contributed by atoms with Crippen molar-refractivity contribution < 1.29 is 4.74 Å². The highest BCUT2D eigenvalue weighted by Gasteiger charge is 2.29. The van der Waals surface area contributed by atoms with Crippen molar-refractivity contribution in [2.24, 2.45) is 0 Å². The van der Waals surface area contributed by atoms with Gasteiger partial charge in [-0.15, -0.1) is 0 Å². The summed E-state index contributed by atoms with van der Waals surface area (Å²) in [6.07, 6.45) is 6.86. The molecule has 0 unspecified atom stereocenters. The van der Waals surface area contributed by atoms with E-state index in [1.165, 1.54) is 43.2 Å². The van der Waals surface area contributed by atoms with E-state index in [1.54, 1.807) is 0 Å². The quantitative estimate of drug-likeness (QED) is 0.664. The summed E-state index contributed by atoms with van der Waals surface area (Å²) in [6, 6.07) is 8.79. The highest BCUT2D eigenvalue weighted by molar-refractivity contribution is 5.37. The average molecular weight is 218 g/mol. The first-order valence-electron chi connectivity index (χ1n) is 6.48. The van der Waals surface area contributed by atoms with E-state index in [0.29, 0.717) is 6.10 Å². The van der Waals surface area contributed by atoms with Gasteiger partial charge < -0.3 is 4.74 Å². The van der Waals surface area contributed by atoms with Crippen LogP contribution in [0.2, 0.25) is 0 Å². The molecule has 0 amide bonds. The Kier molecular flexibility index (Phi) is 4.00. The molecule has 16 heavy (non-hydrogen) atoms. The molecule has 0 saturated carbocycles. The van der Waals surface area contributed by atoms with Crippen molar-refractivity contribution in [2.45, 2.75) is 51.0 Å². The van der Waals surface area contributed by atoms with E-state index in [1.807, 2.05) is 7.11 Å². The summed E-state index contributed by atoms with van der Waals surface area (Å²) in [5, 5.41) is 0. The summed E-state index contributed by atoms with van der Waals surface area (Å²) in [7, 11) is 1.83. The van der Waals surface area contributed by atoms with Gasteiger partial charge in [0.2, 0.25) is 0 Å². The Labute approximate surface area is 98.8 Å². The predicted molar refractivity (Wildman–Crippen MR) is 67.7 cm³/mol. The fraction of sp³-hybridized carbons (Fsp3) is 0.600. The molecule has 0 saturated heterocycles. The second-order valence-electron chi connectivity index (χ2n) is 4.78. The molecule has 0 bridgehead atoms. The molecule has 88 valence electrons. The normalized spacial score (nSPS) is 23.4. The fourth-order valence-corrected chi connectivity index (χ4v) is 2.83. The molecule has 1 aromatic carbocycles. The zero-order valence-electron chi connectivity index (χ0n) is 10.4. The maximum Gasteiger partial charge on any atom is 0.0829 e. The molecule has 1 aliphatic carbocycles. The van der Waals surface area contributed by atoms with Crippen LogP contribution in [0.1, 0.15) is 62.2 Å². The molecule has 1 nitrogen and oxygen atoms in total. The number of ether oxygens (including phenoxy) is 1. The van der Waals surface area contributed by atoms with Gasteiger partial charge in [-0.3, -0.25) is 0 Å². The number of methoxy groups -OCH3 is 1. The van der Waals surface area contributed by atoms with Crippen molar-refractivity contribution in [3.63, 3.8) is 0 Å². The first-order chi connectivity index (χ1) is 7.86. The topological polar surface area (TPSA) is 9.23 Å². The number of rotatable bonds is 5. The van der Waals surface area contributed by atoms with Crippen LogP contribution in [0.15, 0.2) is 24.3 Å². The standard InChI is InChI=1S/C15H22O/c1-3-4-5-8-12-11-15(16-2)14-10-7-6-9-13(12)14/h6-7,9-10,12,15H,3-5,8,11H2,1-2H3/t12-,15-/m1/s1. The van der Waals surface area contributed by atoms with E-state index in [0.717, 1.165) is 5.92 Å². The van der Waals surface area contributed by atoms with Gasteiger partial charge in [0, 0.05) is 7.11 Å². The van der Waals surface area contributed by atoms with Crippen LogP contribution < -0.4 is 0 Å². The van der Waals surface area contributed by atoms with Crippen LogP contribution in [0, 0.1) is 0 Å². The van der Waals surface area contributed by atoms with E-state index in [2.05, 4.69) is 31.2 Å². The Balaban J connectivity index is 2.07. The van der Waals surface area contributed by atoms with Gasteiger partial charge in [0.05, 0.1) is 6.10 Å². The smallest absolute Gasteiger partial charge is 0.0829 e. The Hall–Kier alpha value is -0.820. The Bertz CT molecular complexity index is 332. The van der Waals surface area contributed by atoms with Crippen LogP contribution in [-0.4, -0.2) is 7.11 Å². The molecule has 0 aromatic heterocycles. The largest absolute Gasteiger partial charge is 0.377 e. The molecule has 2 atom stereocenters. The molecule has 1 heteroatoms. The molecule has 2 rings (SSSR count). The first kappa shape index (κ1) is 11.7. The summed E-state index contributed by atoms with van der Waals surface area (Å²) in [5.41, 5.74) is 2.96. The third-order valence-corrected chi connectivity index (χ3v) is 3.72. The Morgan fingerprint density at radius 2 is 1.94 bits per heavy atom. The summed E-state index contributed by atoms with van der Waals surface area (Å²) in [6.45, 7) is 2.26. The summed E-state index contributed by atoms with van der Waals surface area (Å²) >= 11 is 0. The van der Waals surface area contributed by atoms with Crippen LogP contribution in [0.3, 0.4) is 0 Å². The van der Waals surface area contributed by atoms with Gasteiger partial charge in [-0.2, -0.15) is 0 Å². The van der Waals surface area contributed by atoms with Gasteiger partial charge in [-0.25, -0.2) is 0 Å². The molecule has 0 N–H and O–H groups in total. The van der Waals surface area contributed by atoms with Crippen LogP contribution >= 0.6 is 0 Å². The van der Waals surface area contributed by atoms with E-state index in [4.69, 9.17) is 4.74 Å². The number of hydrogen-bond donors (Lipinski definition) is 0. The van der Waals surface area contributed by atoms with E-state index < -0.39 is 0 Å². The molecular weight excluding hydrogens is 196 g/mol. The molecule has 0 fully saturated rings. The third kappa shape index (κ3) is 2.30. The lowest BCUT2D eigenvalue weighted by Gasteiger charge is -2.10. The zero-order chi connectivity index (χ0) is 11.4. The van der Waals surface area contributed by atoms with Crippen molar-refractivity contribution in [1.29, 1.82) is 0 Å². The van der Waals surface area contributed by atoms with Crippen LogP contribution in [0.25, 0.3) is 0 Å². The van der Waals surface area contributed by atoms with Crippen LogP contribution in [0.5, 0.6) is 0 Å². The fourth-order valence-electron chi connectivity index (χ4n) is 2.83. The van der Waals surface area contributed by atoms with Gasteiger partial charge in [0.1, 0.15) is 0 Å². The highest BCUT2D eigenvalue weighted by atomic mass is 16.5. The van der Waals surface area contributed by atoms with Crippen molar-refractivity contribution in [2.75, 3.05) is 7.11 Å². The second kappa shape index (κ2) is 5.49. The lowest BCUT2D eigenvalue weighted by molar-refractivity contribution is 0.0995. The minimum Gasteiger partial charge on any atom is -0.377 e. The minimum absolute atomic E-state index is 0.336. The number of hydrogen-bond acceptors (Lipinski definition) is 1. The second-order valence-corrected chi connectivity index (χ2v) is 4.78. The molecule has 1 aromatic rings. The SMILES string of the molecule is CCCCC[C@@H]1C[C@@H](OC)c2ccccc21. The van der Waals surface area contributed by atoms with Crippen molar-refractivity contribution in [3.05, 3.63) is 35.4 Å². The summed E-state index contributed by atoms with van der Waals surface area (Å²) < 4.78 is 5.57. The van der Waals surface area contributed by atoms with Crippen LogP contribution in [0.4, 0.5) is 0 Å². The summed E-state index contributed by atoms with van der Waals surface area (Å²) in [4.78, 5) is 0. The first-order valence-corrected chi connectivity index (χ1v) is 6.48. The Morgan fingerprint density at radius 1 is 1.19 bits per heavy atom. The number of unbranched alkanes of at least 4 members (excludes halogenated alkanes) is 2. The van der Waals surface area contributed by atoms with E-state index in [9.17, 15) is 0 Å². The van der Waals surface area contributed by atoms with Crippen molar-refractivity contribution in [3.8, 4) is 0 Å². The molecule has 0 aliphatic heterocycles. The third-order valence-electron chi connectivity index (χ3n) is 3.72. The van der Waals surface area contributed by atoms with Gasteiger partial charge in [0.15, 0.2) is 0 Å². The monoisotopic (exact) mass is 218 g/mol. The van der Waals surface area contributed by atoms with E-state index in [-0.39, 0.29) is 0 Å². The zero-order valence-corrected chi connectivity index (χ0v) is 10.4. The van der Waals surface area contributed by atoms with E-state index >= 15 is 0 Å². The summed E-state index contributed by atoms with van der Waals surface area (Å²) in [5.74, 6) is 0.729.